The highest BCUT2D eigenvalue weighted by atomic mass is 35.5. The lowest BCUT2D eigenvalue weighted by Crippen LogP contribution is -2.11. The second-order valence-corrected chi connectivity index (χ2v) is 5.07. The molecular weight excluding hydrogens is 226 g/mol. The topological polar surface area (TPSA) is 39.4 Å². The molecule has 4 nitrogen and oxygen atoms in total. The van der Waals surface area contributed by atoms with Gasteiger partial charge in [-0.3, -0.25) is 4.40 Å². The highest BCUT2D eigenvalue weighted by Crippen LogP contribution is 2.25. The average molecular weight is 240 g/mol. The number of ether oxygens (including phenoxy) is 1. The van der Waals surface area contributed by atoms with Gasteiger partial charge >= 0.3 is 0 Å². The molecule has 16 heavy (non-hydrogen) atoms. The Balaban J connectivity index is 2.70. The largest absolute Gasteiger partial charge is 0.478 e. The van der Waals surface area contributed by atoms with Gasteiger partial charge in [-0.2, -0.15) is 4.98 Å². The monoisotopic (exact) mass is 239 g/mol. The van der Waals surface area contributed by atoms with E-state index < -0.39 is 0 Å². The van der Waals surface area contributed by atoms with Crippen LogP contribution in [0.25, 0.3) is 5.65 Å². The Morgan fingerprint density at radius 1 is 1.25 bits per heavy atom. The van der Waals surface area contributed by atoms with Crippen molar-refractivity contribution in [1.29, 1.82) is 0 Å². The normalized spacial score (nSPS) is 12.1. The summed E-state index contributed by atoms with van der Waals surface area (Å²) >= 11 is 5.89. The van der Waals surface area contributed by atoms with Gasteiger partial charge in [0.25, 0.3) is 5.88 Å². The molecule has 0 aromatic carbocycles. The van der Waals surface area contributed by atoms with E-state index in [2.05, 4.69) is 30.7 Å². The molecule has 0 unspecified atom stereocenters. The van der Waals surface area contributed by atoms with Gasteiger partial charge in [0.15, 0.2) is 0 Å². The maximum absolute atomic E-state index is 5.89. The first-order valence-electron chi connectivity index (χ1n) is 5.01. The number of hydrogen-bond donors (Lipinski definition) is 0. The molecular formula is C11H14ClN3O. The quantitative estimate of drug-likeness (QED) is 0.768. The van der Waals surface area contributed by atoms with Crippen molar-refractivity contribution >= 4 is 17.2 Å². The Labute approximate surface area is 99.2 Å². The molecule has 0 saturated carbocycles. The average Bonchev–Trinajstić information content (AvgIpc) is 2.59. The summed E-state index contributed by atoms with van der Waals surface area (Å²) in [5, 5.41) is 0.391. The molecule has 2 rings (SSSR count). The van der Waals surface area contributed by atoms with E-state index in [-0.39, 0.29) is 5.41 Å². The molecule has 2 aromatic rings. The summed E-state index contributed by atoms with van der Waals surface area (Å²) in [5.41, 5.74) is 1.66. The van der Waals surface area contributed by atoms with Gasteiger partial charge in [-0.05, 0) is 0 Å². The maximum atomic E-state index is 5.89. The van der Waals surface area contributed by atoms with Crippen LogP contribution in [0.2, 0.25) is 5.15 Å². The lowest BCUT2D eigenvalue weighted by atomic mass is 9.93. The van der Waals surface area contributed by atoms with Gasteiger partial charge < -0.3 is 4.74 Å². The predicted octanol–water partition coefficient (Wildman–Crippen LogP) is 2.69. The molecule has 0 atom stereocenters. The van der Waals surface area contributed by atoms with Gasteiger partial charge in [-0.25, -0.2) is 4.98 Å². The van der Waals surface area contributed by atoms with Crippen LogP contribution in [0.15, 0.2) is 12.4 Å². The van der Waals surface area contributed by atoms with Crippen LogP contribution in [-0.2, 0) is 5.41 Å². The standard InChI is InChI=1S/C11H14ClN3O/c1-11(2,3)7-5-15-6-8(12)14-10(16-4)9(15)13-7/h5-6H,1-4H3. The van der Waals surface area contributed by atoms with Crippen LogP contribution in [0.5, 0.6) is 5.88 Å². The Bertz CT molecular complexity index is 528. The van der Waals surface area contributed by atoms with Crippen molar-refractivity contribution in [2.45, 2.75) is 26.2 Å². The van der Waals surface area contributed by atoms with Crippen LogP contribution in [-0.4, -0.2) is 21.5 Å². The second-order valence-electron chi connectivity index (χ2n) is 4.68. The van der Waals surface area contributed by atoms with E-state index >= 15 is 0 Å². The number of halogens is 1. The molecule has 0 fully saturated rings. The molecule has 2 heterocycles. The van der Waals surface area contributed by atoms with Crippen molar-refractivity contribution in [3.8, 4) is 5.88 Å². The van der Waals surface area contributed by atoms with Gasteiger partial charge in [0, 0.05) is 17.8 Å². The Hall–Kier alpha value is -1.29. The van der Waals surface area contributed by atoms with Crippen molar-refractivity contribution in [1.82, 2.24) is 14.4 Å². The number of methoxy groups -OCH3 is 1. The van der Waals surface area contributed by atoms with E-state index in [4.69, 9.17) is 16.3 Å². The molecule has 5 heteroatoms. The molecule has 0 amide bonds. The third-order valence-corrected chi connectivity index (χ3v) is 2.52. The molecule has 0 saturated heterocycles. The molecule has 0 spiro atoms. The lowest BCUT2D eigenvalue weighted by molar-refractivity contribution is 0.400. The zero-order valence-corrected chi connectivity index (χ0v) is 10.5. The number of nitrogens with zero attached hydrogens (tertiary/aromatic N) is 3. The number of rotatable bonds is 1. The van der Waals surface area contributed by atoms with Crippen molar-refractivity contribution in [2.75, 3.05) is 7.11 Å². The van der Waals surface area contributed by atoms with Crippen molar-refractivity contribution in [2.24, 2.45) is 0 Å². The third-order valence-electron chi connectivity index (χ3n) is 2.34. The summed E-state index contributed by atoms with van der Waals surface area (Å²) in [6, 6.07) is 0. The van der Waals surface area contributed by atoms with E-state index in [1.54, 1.807) is 13.3 Å². The number of hydrogen-bond acceptors (Lipinski definition) is 3. The fourth-order valence-electron chi connectivity index (χ4n) is 1.44. The molecule has 0 aliphatic carbocycles. The summed E-state index contributed by atoms with van der Waals surface area (Å²) in [6.07, 6.45) is 3.67. The Kier molecular flexibility index (Phi) is 2.54. The highest BCUT2D eigenvalue weighted by Gasteiger charge is 2.19. The number of imidazole rings is 1. The van der Waals surface area contributed by atoms with Crippen LogP contribution in [0, 0.1) is 0 Å². The summed E-state index contributed by atoms with van der Waals surface area (Å²) in [6.45, 7) is 6.32. The zero-order valence-electron chi connectivity index (χ0n) is 9.78. The smallest absolute Gasteiger partial charge is 0.259 e. The minimum atomic E-state index is -0.0104. The minimum absolute atomic E-state index is 0.0104. The minimum Gasteiger partial charge on any atom is -0.478 e. The molecule has 0 aliphatic heterocycles. The van der Waals surface area contributed by atoms with E-state index in [1.807, 2.05) is 10.6 Å². The van der Waals surface area contributed by atoms with Crippen LogP contribution in [0.1, 0.15) is 26.5 Å². The van der Waals surface area contributed by atoms with Crippen LogP contribution < -0.4 is 4.74 Å². The zero-order chi connectivity index (χ0) is 11.9. The van der Waals surface area contributed by atoms with Crippen molar-refractivity contribution in [3.05, 3.63) is 23.2 Å². The Morgan fingerprint density at radius 3 is 2.50 bits per heavy atom. The maximum Gasteiger partial charge on any atom is 0.259 e. The van der Waals surface area contributed by atoms with E-state index in [0.29, 0.717) is 16.7 Å². The lowest BCUT2D eigenvalue weighted by Gasteiger charge is -2.13. The summed E-state index contributed by atoms with van der Waals surface area (Å²) in [4.78, 5) is 8.59. The fraction of sp³-hybridized carbons (Fsp3) is 0.455. The predicted molar refractivity (Wildman–Crippen MR) is 63.2 cm³/mol. The molecule has 0 aliphatic rings. The third kappa shape index (κ3) is 1.85. The molecule has 0 bridgehead atoms. The highest BCUT2D eigenvalue weighted by molar-refractivity contribution is 6.29. The van der Waals surface area contributed by atoms with E-state index in [9.17, 15) is 0 Å². The molecule has 0 N–H and O–H groups in total. The van der Waals surface area contributed by atoms with Gasteiger partial charge in [0.05, 0.1) is 12.8 Å². The molecule has 0 radical (unpaired) electrons. The molecule has 2 aromatic heterocycles. The van der Waals surface area contributed by atoms with Gasteiger partial charge in [-0.1, -0.05) is 32.4 Å². The SMILES string of the molecule is COc1nc(Cl)cn2cc(C(C)(C)C)nc12. The van der Waals surface area contributed by atoms with Gasteiger partial charge in [0.1, 0.15) is 5.15 Å². The van der Waals surface area contributed by atoms with Crippen LogP contribution in [0.4, 0.5) is 0 Å². The second kappa shape index (κ2) is 3.63. The number of aromatic nitrogens is 3. The van der Waals surface area contributed by atoms with E-state index in [1.165, 1.54) is 0 Å². The van der Waals surface area contributed by atoms with Gasteiger partial charge in [-0.15, -0.1) is 0 Å². The summed E-state index contributed by atoms with van der Waals surface area (Å²) < 4.78 is 7.00. The van der Waals surface area contributed by atoms with Crippen LogP contribution >= 0.6 is 11.6 Å². The van der Waals surface area contributed by atoms with Crippen LogP contribution in [0.3, 0.4) is 0 Å². The molecule has 86 valence electrons. The number of fused-ring (bicyclic) bond motifs is 1. The van der Waals surface area contributed by atoms with Gasteiger partial charge in [0.2, 0.25) is 5.65 Å². The first kappa shape index (κ1) is 11.2. The fourth-order valence-corrected chi connectivity index (χ4v) is 1.62. The first-order valence-corrected chi connectivity index (χ1v) is 5.39. The van der Waals surface area contributed by atoms with Crippen molar-refractivity contribution in [3.63, 3.8) is 0 Å². The van der Waals surface area contributed by atoms with Crippen molar-refractivity contribution < 1.29 is 4.74 Å². The Morgan fingerprint density at radius 2 is 1.94 bits per heavy atom. The first-order chi connectivity index (χ1) is 7.41. The summed E-state index contributed by atoms with van der Waals surface area (Å²) in [7, 11) is 1.56. The summed E-state index contributed by atoms with van der Waals surface area (Å²) in [5.74, 6) is 0.447. The van der Waals surface area contributed by atoms with E-state index in [0.717, 1.165) is 5.69 Å².